The zero-order valence-electron chi connectivity index (χ0n) is 12.1. The Morgan fingerprint density at radius 1 is 1.11 bits per heavy atom. The van der Waals surface area contributed by atoms with E-state index in [0.717, 1.165) is 17.9 Å². The summed E-state index contributed by atoms with van der Waals surface area (Å²) in [5.41, 5.74) is 1.22. The van der Waals surface area contributed by atoms with E-state index in [4.69, 9.17) is 14.6 Å². The van der Waals surface area contributed by atoms with Gasteiger partial charge in [-0.2, -0.15) is 0 Å². The molecule has 4 nitrogen and oxygen atoms in total. The summed E-state index contributed by atoms with van der Waals surface area (Å²) in [6.07, 6.45) is 0. The van der Waals surface area contributed by atoms with E-state index in [2.05, 4.69) is 32.2 Å². The first-order chi connectivity index (χ1) is 9.03. The van der Waals surface area contributed by atoms with Crippen molar-refractivity contribution in [2.75, 3.05) is 26.4 Å². The van der Waals surface area contributed by atoms with Crippen LogP contribution in [0.15, 0.2) is 24.3 Å². The zero-order chi connectivity index (χ0) is 14.1. The summed E-state index contributed by atoms with van der Waals surface area (Å²) < 4.78 is 10.9. The van der Waals surface area contributed by atoms with Crippen molar-refractivity contribution >= 4 is 0 Å². The predicted octanol–water partition coefficient (Wildman–Crippen LogP) is 1.96. The largest absolute Gasteiger partial charge is 0.491 e. The molecule has 0 aliphatic carbocycles. The summed E-state index contributed by atoms with van der Waals surface area (Å²) >= 11 is 0. The number of para-hydroxylation sites is 1. The molecule has 108 valence electrons. The molecule has 0 aromatic heterocycles. The molecule has 0 saturated carbocycles. The third-order valence-corrected chi connectivity index (χ3v) is 2.50. The van der Waals surface area contributed by atoms with E-state index in [1.54, 1.807) is 0 Å². The molecule has 0 atom stereocenters. The number of aliphatic hydroxyl groups excluding tert-OH is 1. The van der Waals surface area contributed by atoms with Crippen LogP contribution in [-0.2, 0) is 11.3 Å². The maximum atomic E-state index is 8.60. The van der Waals surface area contributed by atoms with Gasteiger partial charge in [-0.1, -0.05) is 18.2 Å². The maximum Gasteiger partial charge on any atom is 0.123 e. The lowest BCUT2D eigenvalue weighted by Gasteiger charge is -2.21. The standard InChI is InChI=1S/C15H25NO3/c1-15(2,3)16-12-13-6-4-5-7-14(13)19-11-10-18-9-8-17/h4-7,16-17H,8-12H2,1-3H3. The van der Waals surface area contributed by atoms with Crippen LogP contribution in [0.4, 0.5) is 0 Å². The van der Waals surface area contributed by atoms with Gasteiger partial charge in [0.1, 0.15) is 12.4 Å². The van der Waals surface area contributed by atoms with Gasteiger partial charge in [0.05, 0.1) is 19.8 Å². The molecule has 0 unspecified atom stereocenters. The Morgan fingerprint density at radius 2 is 1.84 bits per heavy atom. The van der Waals surface area contributed by atoms with Crippen LogP contribution >= 0.6 is 0 Å². The molecule has 0 radical (unpaired) electrons. The van der Waals surface area contributed by atoms with Gasteiger partial charge in [-0.25, -0.2) is 0 Å². The summed E-state index contributed by atoms with van der Waals surface area (Å²) in [5.74, 6) is 0.881. The highest BCUT2D eigenvalue weighted by molar-refractivity contribution is 5.33. The molecule has 0 saturated heterocycles. The van der Waals surface area contributed by atoms with Gasteiger partial charge in [-0.3, -0.25) is 0 Å². The molecular formula is C15H25NO3. The molecule has 0 bridgehead atoms. The van der Waals surface area contributed by atoms with Crippen molar-refractivity contribution in [3.05, 3.63) is 29.8 Å². The molecule has 2 N–H and O–H groups in total. The van der Waals surface area contributed by atoms with Gasteiger partial charge in [-0.05, 0) is 26.8 Å². The van der Waals surface area contributed by atoms with Crippen molar-refractivity contribution in [3.8, 4) is 5.75 Å². The Balaban J connectivity index is 2.44. The molecule has 4 heteroatoms. The Hall–Kier alpha value is -1.10. The summed E-state index contributed by atoms with van der Waals surface area (Å²) in [4.78, 5) is 0. The number of nitrogens with one attached hydrogen (secondary N) is 1. The molecule has 0 spiro atoms. The second-order valence-corrected chi connectivity index (χ2v) is 5.40. The Kier molecular flexibility index (Phi) is 6.84. The van der Waals surface area contributed by atoms with E-state index < -0.39 is 0 Å². The van der Waals surface area contributed by atoms with E-state index in [-0.39, 0.29) is 12.1 Å². The first-order valence-electron chi connectivity index (χ1n) is 6.67. The predicted molar refractivity (Wildman–Crippen MR) is 76.4 cm³/mol. The van der Waals surface area contributed by atoms with E-state index in [9.17, 15) is 0 Å². The van der Waals surface area contributed by atoms with Gasteiger partial charge in [-0.15, -0.1) is 0 Å². The van der Waals surface area contributed by atoms with Gasteiger partial charge in [0.2, 0.25) is 0 Å². The smallest absolute Gasteiger partial charge is 0.123 e. The number of aliphatic hydroxyl groups is 1. The molecule has 1 rings (SSSR count). The molecular weight excluding hydrogens is 242 g/mol. The van der Waals surface area contributed by atoms with Crippen LogP contribution in [0.25, 0.3) is 0 Å². The molecule has 1 aromatic rings. The van der Waals surface area contributed by atoms with Crippen LogP contribution in [0.2, 0.25) is 0 Å². The lowest BCUT2D eigenvalue weighted by molar-refractivity contribution is 0.0702. The van der Waals surface area contributed by atoms with Crippen molar-refractivity contribution in [3.63, 3.8) is 0 Å². The van der Waals surface area contributed by atoms with Crippen molar-refractivity contribution in [1.29, 1.82) is 0 Å². The summed E-state index contributed by atoms with van der Waals surface area (Å²) in [5, 5.41) is 12.0. The second-order valence-electron chi connectivity index (χ2n) is 5.40. The summed E-state index contributed by atoms with van der Waals surface area (Å²) in [7, 11) is 0. The van der Waals surface area contributed by atoms with Crippen LogP contribution in [0.1, 0.15) is 26.3 Å². The first kappa shape index (κ1) is 16.0. The SMILES string of the molecule is CC(C)(C)NCc1ccccc1OCCOCCO. The normalized spacial score (nSPS) is 11.6. The van der Waals surface area contributed by atoms with Crippen LogP contribution < -0.4 is 10.1 Å². The second kappa shape index (κ2) is 8.15. The topological polar surface area (TPSA) is 50.7 Å². The van der Waals surface area contributed by atoms with Gasteiger partial charge in [0, 0.05) is 17.6 Å². The molecule has 1 aromatic carbocycles. The lowest BCUT2D eigenvalue weighted by atomic mass is 10.1. The quantitative estimate of drug-likeness (QED) is 0.707. The summed E-state index contributed by atoms with van der Waals surface area (Å²) in [6.45, 7) is 8.57. The zero-order valence-corrected chi connectivity index (χ0v) is 12.1. The highest BCUT2D eigenvalue weighted by Gasteiger charge is 2.10. The van der Waals surface area contributed by atoms with Crippen molar-refractivity contribution in [1.82, 2.24) is 5.32 Å². The van der Waals surface area contributed by atoms with Crippen molar-refractivity contribution < 1.29 is 14.6 Å². The van der Waals surface area contributed by atoms with Gasteiger partial charge in [0.15, 0.2) is 0 Å². The third-order valence-electron chi connectivity index (χ3n) is 2.50. The number of hydrogen-bond acceptors (Lipinski definition) is 4. The Labute approximate surface area is 115 Å². The third kappa shape index (κ3) is 7.15. The molecule has 0 aliphatic rings. The minimum Gasteiger partial charge on any atom is -0.491 e. The fraction of sp³-hybridized carbons (Fsp3) is 0.600. The molecule has 0 amide bonds. The van der Waals surface area contributed by atoms with E-state index in [0.29, 0.717) is 19.8 Å². The van der Waals surface area contributed by atoms with Crippen LogP contribution in [0.3, 0.4) is 0 Å². The Morgan fingerprint density at radius 3 is 2.53 bits per heavy atom. The molecule has 19 heavy (non-hydrogen) atoms. The number of benzene rings is 1. The fourth-order valence-corrected chi connectivity index (χ4v) is 1.53. The average molecular weight is 267 g/mol. The number of rotatable bonds is 8. The van der Waals surface area contributed by atoms with Crippen LogP contribution in [-0.4, -0.2) is 37.1 Å². The Bertz CT molecular complexity index is 361. The number of hydrogen-bond donors (Lipinski definition) is 2. The monoisotopic (exact) mass is 267 g/mol. The van der Waals surface area contributed by atoms with Gasteiger partial charge >= 0.3 is 0 Å². The van der Waals surface area contributed by atoms with Crippen LogP contribution in [0.5, 0.6) is 5.75 Å². The van der Waals surface area contributed by atoms with Crippen molar-refractivity contribution in [2.24, 2.45) is 0 Å². The van der Waals surface area contributed by atoms with Crippen molar-refractivity contribution in [2.45, 2.75) is 32.9 Å². The highest BCUT2D eigenvalue weighted by atomic mass is 16.5. The highest BCUT2D eigenvalue weighted by Crippen LogP contribution is 2.18. The molecule has 0 fully saturated rings. The van der Waals surface area contributed by atoms with Gasteiger partial charge < -0.3 is 19.9 Å². The number of ether oxygens (including phenoxy) is 2. The average Bonchev–Trinajstić information content (AvgIpc) is 2.36. The maximum absolute atomic E-state index is 8.60. The minimum absolute atomic E-state index is 0.0477. The van der Waals surface area contributed by atoms with Crippen LogP contribution in [0, 0.1) is 0 Å². The molecule has 0 heterocycles. The fourth-order valence-electron chi connectivity index (χ4n) is 1.53. The van der Waals surface area contributed by atoms with Gasteiger partial charge in [0.25, 0.3) is 0 Å². The van der Waals surface area contributed by atoms with E-state index in [1.807, 2.05) is 18.2 Å². The first-order valence-corrected chi connectivity index (χ1v) is 6.67. The molecule has 0 aliphatic heterocycles. The van der Waals surface area contributed by atoms with E-state index >= 15 is 0 Å². The van der Waals surface area contributed by atoms with E-state index in [1.165, 1.54) is 0 Å². The minimum atomic E-state index is 0.0477. The lowest BCUT2D eigenvalue weighted by Crippen LogP contribution is -2.35. The summed E-state index contributed by atoms with van der Waals surface area (Å²) in [6, 6.07) is 7.99.